The fraction of sp³-hybridized carbons (Fsp3) is 0.333. The second-order valence-corrected chi connectivity index (χ2v) is 5.40. The van der Waals surface area contributed by atoms with E-state index in [0.717, 1.165) is 0 Å². The number of amides is 1. The van der Waals surface area contributed by atoms with Crippen LogP contribution < -0.4 is 5.32 Å². The summed E-state index contributed by atoms with van der Waals surface area (Å²) < 4.78 is 0. The summed E-state index contributed by atoms with van der Waals surface area (Å²) in [5.74, 6) is -1.39. The summed E-state index contributed by atoms with van der Waals surface area (Å²) in [5, 5.41) is 12.2. The second-order valence-electron chi connectivity index (χ2n) is 4.53. The average molecular weight is 290 g/mol. The van der Waals surface area contributed by atoms with E-state index in [9.17, 15) is 9.59 Å². The Bertz CT molecular complexity index is 466. The van der Waals surface area contributed by atoms with Gasteiger partial charge in [0.25, 0.3) is 5.91 Å². The van der Waals surface area contributed by atoms with Crippen molar-refractivity contribution in [1.82, 2.24) is 5.32 Å². The van der Waals surface area contributed by atoms with E-state index in [0.29, 0.717) is 15.6 Å². The van der Waals surface area contributed by atoms with Crippen molar-refractivity contribution in [3.63, 3.8) is 0 Å². The third kappa shape index (κ3) is 3.89. The molecular weight excluding hydrogens is 277 g/mol. The van der Waals surface area contributed by atoms with E-state index < -0.39 is 17.3 Å². The molecule has 6 heteroatoms. The topological polar surface area (TPSA) is 66.4 Å². The van der Waals surface area contributed by atoms with Gasteiger partial charge in [-0.15, -0.1) is 0 Å². The molecule has 0 heterocycles. The zero-order valence-electron chi connectivity index (χ0n) is 9.96. The van der Waals surface area contributed by atoms with Crippen molar-refractivity contribution in [3.05, 3.63) is 33.8 Å². The normalized spacial score (nSPS) is 11.1. The Morgan fingerprint density at radius 1 is 1.22 bits per heavy atom. The SMILES string of the molecule is CC(C)(CNC(=O)c1cc(Cl)cc(Cl)c1)C(=O)O. The summed E-state index contributed by atoms with van der Waals surface area (Å²) >= 11 is 11.6. The molecule has 2 N–H and O–H groups in total. The zero-order valence-corrected chi connectivity index (χ0v) is 11.5. The first-order valence-electron chi connectivity index (χ1n) is 5.20. The van der Waals surface area contributed by atoms with E-state index in [1.807, 2.05) is 0 Å². The van der Waals surface area contributed by atoms with Crippen LogP contribution in [-0.2, 0) is 4.79 Å². The maximum absolute atomic E-state index is 11.8. The average Bonchev–Trinajstić information content (AvgIpc) is 2.24. The van der Waals surface area contributed by atoms with Gasteiger partial charge in [-0.3, -0.25) is 9.59 Å². The molecule has 0 saturated heterocycles. The Balaban J connectivity index is 2.75. The minimum absolute atomic E-state index is 0.0191. The van der Waals surface area contributed by atoms with Gasteiger partial charge in [-0.25, -0.2) is 0 Å². The molecular formula is C12H13Cl2NO3. The lowest BCUT2D eigenvalue weighted by Crippen LogP contribution is -2.38. The number of carbonyl (C=O) groups excluding carboxylic acids is 1. The molecule has 4 nitrogen and oxygen atoms in total. The van der Waals surface area contributed by atoms with Gasteiger partial charge in [-0.1, -0.05) is 23.2 Å². The van der Waals surface area contributed by atoms with Crippen LogP contribution in [0.2, 0.25) is 10.0 Å². The summed E-state index contributed by atoms with van der Waals surface area (Å²) in [6.07, 6.45) is 0. The predicted octanol–water partition coefficient (Wildman–Crippen LogP) is 2.83. The summed E-state index contributed by atoms with van der Waals surface area (Å²) in [7, 11) is 0. The number of carboxylic acid groups (broad SMARTS) is 1. The monoisotopic (exact) mass is 289 g/mol. The van der Waals surface area contributed by atoms with Crippen LogP contribution in [0.5, 0.6) is 0 Å². The lowest BCUT2D eigenvalue weighted by atomic mass is 9.94. The van der Waals surface area contributed by atoms with E-state index in [-0.39, 0.29) is 6.54 Å². The highest BCUT2D eigenvalue weighted by Crippen LogP contribution is 2.19. The molecule has 0 atom stereocenters. The Kier molecular flexibility index (Phi) is 4.59. The predicted molar refractivity (Wildman–Crippen MR) is 70.2 cm³/mol. The van der Waals surface area contributed by atoms with Crippen LogP contribution in [0.15, 0.2) is 18.2 Å². The van der Waals surface area contributed by atoms with E-state index in [1.54, 1.807) is 0 Å². The molecule has 0 fully saturated rings. The molecule has 1 amide bonds. The summed E-state index contributed by atoms with van der Waals surface area (Å²) in [4.78, 5) is 22.7. The van der Waals surface area contributed by atoms with E-state index >= 15 is 0 Å². The van der Waals surface area contributed by atoms with Crippen molar-refractivity contribution in [2.45, 2.75) is 13.8 Å². The maximum Gasteiger partial charge on any atom is 0.310 e. The van der Waals surface area contributed by atoms with E-state index in [4.69, 9.17) is 28.3 Å². The van der Waals surface area contributed by atoms with Crippen molar-refractivity contribution in [2.24, 2.45) is 5.41 Å². The molecule has 0 aliphatic rings. The number of nitrogens with one attached hydrogen (secondary N) is 1. The van der Waals surface area contributed by atoms with Gasteiger partial charge in [0.05, 0.1) is 5.41 Å². The van der Waals surface area contributed by atoms with Crippen molar-refractivity contribution in [1.29, 1.82) is 0 Å². The fourth-order valence-corrected chi connectivity index (χ4v) is 1.69. The number of rotatable bonds is 4. The molecule has 0 aromatic heterocycles. The minimum atomic E-state index is -1.03. The van der Waals surface area contributed by atoms with Crippen molar-refractivity contribution in [3.8, 4) is 0 Å². The zero-order chi connectivity index (χ0) is 13.9. The Morgan fingerprint density at radius 2 is 1.72 bits per heavy atom. The molecule has 0 unspecified atom stereocenters. The van der Waals surface area contributed by atoms with Crippen LogP contribution in [0, 0.1) is 5.41 Å². The number of hydrogen-bond donors (Lipinski definition) is 2. The van der Waals surface area contributed by atoms with Gasteiger partial charge < -0.3 is 10.4 Å². The Labute approximate surface area is 115 Å². The third-order valence-electron chi connectivity index (χ3n) is 2.39. The lowest BCUT2D eigenvalue weighted by molar-refractivity contribution is -0.146. The number of benzene rings is 1. The fourth-order valence-electron chi connectivity index (χ4n) is 1.16. The van der Waals surface area contributed by atoms with E-state index in [2.05, 4.69) is 5.32 Å². The molecule has 0 spiro atoms. The van der Waals surface area contributed by atoms with Crippen LogP contribution >= 0.6 is 23.2 Å². The standard InChI is InChI=1S/C12H13Cl2NO3/c1-12(2,11(17)18)6-15-10(16)7-3-8(13)5-9(14)4-7/h3-5H,6H2,1-2H3,(H,15,16)(H,17,18). The molecule has 0 bridgehead atoms. The van der Waals surface area contributed by atoms with Crippen LogP contribution in [-0.4, -0.2) is 23.5 Å². The molecule has 0 aliphatic carbocycles. The highest BCUT2D eigenvalue weighted by Gasteiger charge is 2.27. The number of carbonyl (C=O) groups is 2. The summed E-state index contributed by atoms with van der Waals surface area (Å²) in [5.41, 5.74) is -0.730. The summed E-state index contributed by atoms with van der Waals surface area (Å²) in [6, 6.07) is 4.45. The molecule has 98 valence electrons. The molecule has 0 radical (unpaired) electrons. The van der Waals surface area contributed by atoms with Crippen LogP contribution in [0.25, 0.3) is 0 Å². The second kappa shape index (κ2) is 5.59. The summed E-state index contributed by atoms with van der Waals surface area (Å²) in [6.45, 7) is 3.08. The molecule has 1 rings (SSSR count). The Hall–Kier alpha value is -1.26. The van der Waals surface area contributed by atoms with E-state index in [1.165, 1.54) is 32.0 Å². The van der Waals surface area contributed by atoms with Crippen LogP contribution in [0.1, 0.15) is 24.2 Å². The number of carboxylic acids is 1. The molecule has 18 heavy (non-hydrogen) atoms. The highest BCUT2D eigenvalue weighted by atomic mass is 35.5. The first-order chi connectivity index (χ1) is 8.22. The van der Waals surface area contributed by atoms with Crippen molar-refractivity contribution in [2.75, 3.05) is 6.54 Å². The lowest BCUT2D eigenvalue weighted by Gasteiger charge is -2.19. The minimum Gasteiger partial charge on any atom is -0.481 e. The van der Waals surface area contributed by atoms with Gasteiger partial charge in [0.1, 0.15) is 0 Å². The van der Waals surface area contributed by atoms with Gasteiger partial charge in [0, 0.05) is 22.2 Å². The van der Waals surface area contributed by atoms with Crippen LogP contribution in [0.4, 0.5) is 0 Å². The quantitative estimate of drug-likeness (QED) is 0.896. The molecule has 1 aromatic rings. The van der Waals surface area contributed by atoms with Gasteiger partial charge in [-0.05, 0) is 32.0 Å². The van der Waals surface area contributed by atoms with Gasteiger partial charge in [0.15, 0.2) is 0 Å². The number of hydrogen-bond acceptors (Lipinski definition) is 2. The molecule has 0 saturated carbocycles. The molecule has 1 aromatic carbocycles. The number of aliphatic carboxylic acids is 1. The van der Waals surface area contributed by atoms with Crippen molar-refractivity contribution >= 4 is 35.1 Å². The number of halogens is 2. The maximum atomic E-state index is 11.8. The smallest absolute Gasteiger partial charge is 0.310 e. The molecule has 0 aliphatic heterocycles. The third-order valence-corrected chi connectivity index (χ3v) is 2.83. The Morgan fingerprint density at radius 3 is 2.17 bits per heavy atom. The van der Waals surface area contributed by atoms with Crippen LogP contribution in [0.3, 0.4) is 0 Å². The first-order valence-corrected chi connectivity index (χ1v) is 5.95. The van der Waals surface area contributed by atoms with Crippen molar-refractivity contribution < 1.29 is 14.7 Å². The highest BCUT2D eigenvalue weighted by molar-refractivity contribution is 6.35. The largest absolute Gasteiger partial charge is 0.481 e. The van der Waals surface area contributed by atoms with Gasteiger partial charge in [0.2, 0.25) is 0 Å². The van der Waals surface area contributed by atoms with Gasteiger partial charge >= 0.3 is 5.97 Å². The first kappa shape index (κ1) is 14.8. The van der Waals surface area contributed by atoms with Gasteiger partial charge in [-0.2, -0.15) is 0 Å².